The molecule has 70 valence electrons. The number of rotatable bonds is 1. The SMILES string of the molecule is Clc1nccc(C2CCCNC2)n1. The molecule has 0 radical (unpaired) electrons. The summed E-state index contributed by atoms with van der Waals surface area (Å²) in [5.41, 5.74) is 1.06. The number of hydrogen-bond acceptors (Lipinski definition) is 3. The van der Waals surface area contributed by atoms with Crippen LogP contribution in [0.4, 0.5) is 0 Å². The summed E-state index contributed by atoms with van der Waals surface area (Å²) in [7, 11) is 0. The van der Waals surface area contributed by atoms with Crippen LogP contribution >= 0.6 is 11.6 Å². The molecular weight excluding hydrogens is 186 g/mol. The Bertz CT molecular complexity index is 284. The zero-order chi connectivity index (χ0) is 9.10. The second-order valence-electron chi connectivity index (χ2n) is 3.29. The molecule has 1 saturated heterocycles. The minimum absolute atomic E-state index is 0.350. The first-order valence-corrected chi connectivity index (χ1v) is 4.93. The van der Waals surface area contributed by atoms with E-state index in [1.807, 2.05) is 6.07 Å². The predicted molar refractivity (Wildman–Crippen MR) is 51.9 cm³/mol. The molecule has 1 aliphatic heterocycles. The largest absolute Gasteiger partial charge is 0.316 e. The predicted octanol–water partition coefficient (Wildman–Crippen LogP) is 1.60. The Kier molecular flexibility index (Phi) is 2.76. The molecule has 1 N–H and O–H groups in total. The minimum atomic E-state index is 0.350. The smallest absolute Gasteiger partial charge is 0.222 e. The average Bonchev–Trinajstić information content (AvgIpc) is 2.19. The number of nitrogens with zero attached hydrogens (tertiary/aromatic N) is 2. The molecule has 1 fully saturated rings. The van der Waals surface area contributed by atoms with E-state index >= 15 is 0 Å². The maximum atomic E-state index is 5.72. The Labute approximate surface area is 82.5 Å². The molecule has 0 aliphatic carbocycles. The molecule has 1 unspecified atom stereocenters. The lowest BCUT2D eigenvalue weighted by Crippen LogP contribution is -2.28. The highest BCUT2D eigenvalue weighted by molar-refractivity contribution is 6.28. The van der Waals surface area contributed by atoms with Gasteiger partial charge in [0.15, 0.2) is 0 Å². The van der Waals surface area contributed by atoms with E-state index in [-0.39, 0.29) is 0 Å². The van der Waals surface area contributed by atoms with Gasteiger partial charge < -0.3 is 5.32 Å². The molecule has 1 aromatic rings. The van der Waals surface area contributed by atoms with Crippen LogP contribution in [-0.4, -0.2) is 23.1 Å². The van der Waals surface area contributed by atoms with E-state index in [1.54, 1.807) is 6.20 Å². The molecule has 0 saturated carbocycles. The fourth-order valence-electron chi connectivity index (χ4n) is 1.68. The van der Waals surface area contributed by atoms with Crippen LogP contribution in [0.15, 0.2) is 12.3 Å². The van der Waals surface area contributed by atoms with Gasteiger partial charge in [-0.25, -0.2) is 9.97 Å². The summed E-state index contributed by atoms with van der Waals surface area (Å²) in [4.78, 5) is 8.08. The van der Waals surface area contributed by atoms with Gasteiger partial charge in [0.2, 0.25) is 5.28 Å². The summed E-state index contributed by atoms with van der Waals surface area (Å²) < 4.78 is 0. The van der Waals surface area contributed by atoms with E-state index in [1.165, 1.54) is 12.8 Å². The monoisotopic (exact) mass is 197 g/mol. The van der Waals surface area contributed by atoms with Gasteiger partial charge in [-0.2, -0.15) is 0 Å². The van der Waals surface area contributed by atoms with Gasteiger partial charge in [-0.3, -0.25) is 0 Å². The molecule has 1 aromatic heterocycles. The molecule has 1 aliphatic rings. The van der Waals surface area contributed by atoms with Crippen molar-refractivity contribution in [1.29, 1.82) is 0 Å². The summed E-state index contributed by atoms with van der Waals surface area (Å²) in [6, 6.07) is 1.95. The molecule has 4 heteroatoms. The van der Waals surface area contributed by atoms with E-state index in [9.17, 15) is 0 Å². The minimum Gasteiger partial charge on any atom is -0.316 e. The molecule has 13 heavy (non-hydrogen) atoms. The quantitative estimate of drug-likeness (QED) is 0.695. The zero-order valence-corrected chi connectivity index (χ0v) is 8.09. The summed E-state index contributed by atoms with van der Waals surface area (Å²) in [5.74, 6) is 0.509. The van der Waals surface area contributed by atoms with Crippen LogP contribution in [0.1, 0.15) is 24.5 Å². The Morgan fingerprint density at radius 2 is 2.46 bits per heavy atom. The second kappa shape index (κ2) is 4.03. The third-order valence-electron chi connectivity index (χ3n) is 2.36. The van der Waals surface area contributed by atoms with Crippen LogP contribution in [0.3, 0.4) is 0 Å². The van der Waals surface area contributed by atoms with Gasteiger partial charge in [0.1, 0.15) is 0 Å². The van der Waals surface area contributed by atoms with Crippen LogP contribution in [0.2, 0.25) is 5.28 Å². The number of piperidine rings is 1. The van der Waals surface area contributed by atoms with Crippen molar-refractivity contribution in [3.8, 4) is 0 Å². The van der Waals surface area contributed by atoms with Crippen molar-refractivity contribution in [3.05, 3.63) is 23.2 Å². The first kappa shape index (κ1) is 8.91. The average molecular weight is 198 g/mol. The highest BCUT2D eigenvalue weighted by atomic mass is 35.5. The van der Waals surface area contributed by atoms with Crippen molar-refractivity contribution in [2.45, 2.75) is 18.8 Å². The van der Waals surface area contributed by atoms with Crippen molar-refractivity contribution >= 4 is 11.6 Å². The van der Waals surface area contributed by atoms with Crippen LogP contribution in [-0.2, 0) is 0 Å². The topological polar surface area (TPSA) is 37.8 Å². The van der Waals surface area contributed by atoms with E-state index in [2.05, 4.69) is 15.3 Å². The van der Waals surface area contributed by atoms with Gasteiger partial charge in [-0.1, -0.05) is 0 Å². The van der Waals surface area contributed by atoms with E-state index < -0.39 is 0 Å². The number of aromatic nitrogens is 2. The summed E-state index contributed by atoms with van der Waals surface area (Å²) in [5, 5.41) is 3.70. The second-order valence-corrected chi connectivity index (χ2v) is 3.63. The number of nitrogens with one attached hydrogen (secondary N) is 1. The lowest BCUT2D eigenvalue weighted by molar-refractivity contribution is 0.454. The fourth-order valence-corrected chi connectivity index (χ4v) is 1.83. The first-order chi connectivity index (χ1) is 6.36. The van der Waals surface area contributed by atoms with Gasteiger partial charge in [0.05, 0.1) is 0 Å². The zero-order valence-electron chi connectivity index (χ0n) is 7.33. The van der Waals surface area contributed by atoms with E-state index in [4.69, 9.17) is 11.6 Å². The lowest BCUT2D eigenvalue weighted by atomic mass is 9.96. The van der Waals surface area contributed by atoms with Crippen molar-refractivity contribution < 1.29 is 0 Å². The molecule has 1 atom stereocenters. The van der Waals surface area contributed by atoms with Crippen molar-refractivity contribution in [2.24, 2.45) is 0 Å². The van der Waals surface area contributed by atoms with Gasteiger partial charge in [-0.05, 0) is 37.1 Å². The highest BCUT2D eigenvalue weighted by Gasteiger charge is 2.16. The molecule has 3 nitrogen and oxygen atoms in total. The third kappa shape index (κ3) is 2.17. The van der Waals surface area contributed by atoms with Gasteiger partial charge in [0, 0.05) is 24.4 Å². The van der Waals surface area contributed by atoms with E-state index in [0.717, 1.165) is 18.8 Å². The van der Waals surface area contributed by atoms with E-state index in [0.29, 0.717) is 11.2 Å². The molecule has 2 heterocycles. The Balaban J connectivity index is 2.14. The molecule has 0 amide bonds. The van der Waals surface area contributed by atoms with Crippen LogP contribution in [0, 0.1) is 0 Å². The summed E-state index contributed by atoms with van der Waals surface area (Å²) in [6.45, 7) is 2.13. The van der Waals surface area contributed by atoms with Crippen molar-refractivity contribution in [1.82, 2.24) is 15.3 Å². The maximum Gasteiger partial charge on any atom is 0.222 e. The normalized spacial score (nSPS) is 23.0. The molecule has 0 aromatic carbocycles. The summed E-state index contributed by atoms with van der Waals surface area (Å²) >= 11 is 5.72. The molecular formula is C9H12ClN3. The van der Waals surface area contributed by atoms with Crippen LogP contribution in [0.25, 0.3) is 0 Å². The Hall–Kier alpha value is -0.670. The van der Waals surface area contributed by atoms with Crippen molar-refractivity contribution in [2.75, 3.05) is 13.1 Å². The van der Waals surface area contributed by atoms with Crippen LogP contribution in [0.5, 0.6) is 0 Å². The standard InChI is InChI=1S/C9H12ClN3/c10-9-12-5-3-8(13-9)7-2-1-4-11-6-7/h3,5,7,11H,1-2,4,6H2. The number of halogens is 1. The lowest BCUT2D eigenvalue weighted by Gasteiger charge is -2.21. The molecule has 0 spiro atoms. The van der Waals surface area contributed by atoms with Gasteiger partial charge >= 0.3 is 0 Å². The summed E-state index contributed by atoms with van der Waals surface area (Å²) in [6.07, 6.45) is 4.13. The van der Waals surface area contributed by atoms with Gasteiger partial charge in [-0.15, -0.1) is 0 Å². The third-order valence-corrected chi connectivity index (χ3v) is 2.54. The fraction of sp³-hybridized carbons (Fsp3) is 0.556. The first-order valence-electron chi connectivity index (χ1n) is 4.55. The molecule has 0 bridgehead atoms. The number of hydrogen-bond donors (Lipinski definition) is 1. The molecule has 2 rings (SSSR count). The van der Waals surface area contributed by atoms with Gasteiger partial charge in [0.25, 0.3) is 0 Å². The van der Waals surface area contributed by atoms with Crippen molar-refractivity contribution in [3.63, 3.8) is 0 Å². The Morgan fingerprint density at radius 1 is 1.54 bits per heavy atom. The Morgan fingerprint density at radius 3 is 3.15 bits per heavy atom. The van der Waals surface area contributed by atoms with Crippen LogP contribution < -0.4 is 5.32 Å². The highest BCUT2D eigenvalue weighted by Crippen LogP contribution is 2.21. The maximum absolute atomic E-state index is 5.72.